The third-order valence-electron chi connectivity index (χ3n) is 6.87. The number of benzene rings is 2. The van der Waals surface area contributed by atoms with E-state index < -0.39 is 39.9 Å². The summed E-state index contributed by atoms with van der Waals surface area (Å²) < 4.78 is 44.2. The lowest BCUT2D eigenvalue weighted by atomic mass is 10.0. The highest BCUT2D eigenvalue weighted by atomic mass is 79.9. The molecule has 0 bridgehead atoms. The molecule has 0 aliphatic heterocycles. The number of ether oxygens (including phenoxy) is 2. The van der Waals surface area contributed by atoms with E-state index in [-0.39, 0.29) is 30.8 Å². The van der Waals surface area contributed by atoms with Gasteiger partial charge in [0.15, 0.2) is 8.32 Å². The number of carbonyl (C=O) groups is 2. The van der Waals surface area contributed by atoms with Crippen LogP contribution in [0.15, 0.2) is 57.5 Å². The summed E-state index contributed by atoms with van der Waals surface area (Å²) in [5.41, 5.74) is 1.55. The van der Waals surface area contributed by atoms with Gasteiger partial charge in [0.25, 0.3) is 0 Å². The zero-order chi connectivity index (χ0) is 30.1. The molecule has 0 saturated heterocycles. The van der Waals surface area contributed by atoms with Crippen molar-refractivity contribution in [3.63, 3.8) is 0 Å². The van der Waals surface area contributed by atoms with Crippen molar-refractivity contribution in [2.75, 3.05) is 20.4 Å². The van der Waals surface area contributed by atoms with Crippen LogP contribution >= 0.6 is 39.5 Å². The van der Waals surface area contributed by atoms with Gasteiger partial charge in [-0.2, -0.15) is 0 Å². The predicted octanol–water partition coefficient (Wildman–Crippen LogP) is 7.88. The van der Waals surface area contributed by atoms with Crippen LogP contribution in [0.2, 0.25) is 18.1 Å². The molecule has 2 atom stereocenters. The minimum atomic E-state index is -3.90. The second-order valence-electron chi connectivity index (χ2n) is 10.9. The van der Waals surface area contributed by atoms with Crippen LogP contribution in [-0.2, 0) is 50.3 Å². The highest BCUT2D eigenvalue weighted by Crippen LogP contribution is 2.52. The first-order valence-corrected chi connectivity index (χ1v) is 19.0. The average Bonchev–Trinajstić information content (AvgIpc) is 2.90. The highest BCUT2D eigenvalue weighted by Gasteiger charge is 2.44. The van der Waals surface area contributed by atoms with Crippen LogP contribution in [0.1, 0.15) is 38.3 Å². The quantitative estimate of drug-likeness (QED) is 0.110. The van der Waals surface area contributed by atoms with Crippen LogP contribution in [0.4, 0.5) is 0 Å². The lowest BCUT2D eigenvalue weighted by molar-refractivity contribution is -0.152. The van der Waals surface area contributed by atoms with Gasteiger partial charge in [-0.05, 0) is 59.9 Å². The van der Waals surface area contributed by atoms with Crippen LogP contribution in [0.3, 0.4) is 0 Å². The maximum Gasteiger partial charge on any atom is 0.333 e. The number of carbonyl (C=O) groups excluding carboxylic acids is 2. The van der Waals surface area contributed by atoms with Crippen molar-refractivity contribution in [2.45, 2.75) is 64.6 Å². The molecule has 2 aromatic rings. The first-order valence-electron chi connectivity index (χ1n) is 12.8. The zero-order valence-corrected chi connectivity index (χ0v) is 29.1. The molecule has 0 spiro atoms. The number of halogens is 2. The summed E-state index contributed by atoms with van der Waals surface area (Å²) in [5.74, 6) is -2.27. The van der Waals surface area contributed by atoms with Gasteiger partial charge in [-0.3, -0.25) is 9.36 Å². The molecule has 0 heterocycles. The van der Waals surface area contributed by atoms with Crippen molar-refractivity contribution in [1.82, 2.24) is 0 Å². The number of hydrogen-bond acceptors (Lipinski definition) is 8. The first-order chi connectivity index (χ1) is 18.6. The lowest BCUT2D eigenvalue weighted by Gasteiger charge is -2.39. The van der Waals surface area contributed by atoms with E-state index in [4.69, 9.17) is 22.9 Å². The summed E-state index contributed by atoms with van der Waals surface area (Å²) in [7, 11) is -3.82. The number of esters is 2. The summed E-state index contributed by atoms with van der Waals surface area (Å²) >= 11 is 6.80. The molecule has 0 aliphatic carbocycles. The Bertz CT molecular complexity index is 1110. The number of rotatable bonds is 14. The van der Waals surface area contributed by atoms with E-state index in [9.17, 15) is 14.2 Å². The van der Waals surface area contributed by atoms with E-state index in [0.717, 1.165) is 20.1 Å². The fraction of sp³-hybridized carbons (Fsp3) is 0.500. The van der Waals surface area contributed by atoms with Gasteiger partial charge in [0.05, 0.1) is 39.5 Å². The normalized spacial score (nSPS) is 13.9. The van der Waals surface area contributed by atoms with Crippen LogP contribution in [0.5, 0.6) is 0 Å². The maximum atomic E-state index is 14.2. The molecule has 0 radical (unpaired) electrons. The van der Waals surface area contributed by atoms with Crippen molar-refractivity contribution < 1.29 is 37.1 Å². The predicted molar refractivity (Wildman–Crippen MR) is 165 cm³/mol. The highest BCUT2D eigenvalue weighted by molar-refractivity contribution is 9.10. The van der Waals surface area contributed by atoms with Crippen molar-refractivity contribution >= 4 is 59.7 Å². The van der Waals surface area contributed by atoms with Gasteiger partial charge in [0, 0.05) is 8.95 Å². The van der Waals surface area contributed by atoms with Crippen LogP contribution in [-0.4, -0.2) is 46.7 Å². The topological polar surface area (TPSA) is 97.4 Å². The molecule has 0 N–H and O–H groups in total. The zero-order valence-electron chi connectivity index (χ0n) is 24.1. The Kier molecular flexibility index (Phi) is 13.3. The molecule has 2 rings (SSSR count). The van der Waals surface area contributed by atoms with E-state index in [2.05, 4.69) is 31.9 Å². The Balaban J connectivity index is 2.35. The number of hydrogen-bond donors (Lipinski definition) is 0. The minimum Gasteiger partial charge on any atom is -0.469 e. The summed E-state index contributed by atoms with van der Waals surface area (Å²) in [6.45, 7) is 10.1. The van der Waals surface area contributed by atoms with Gasteiger partial charge >= 0.3 is 19.5 Å². The standard InChI is InChI=1S/C28H39Br2O8PSi/c1-28(2,3)40(6,7)38-25(27(32)35-5)16-22(26(31)34-4)19-39(33,36-17-20-8-12-23(29)13-9-20)37-18-21-10-14-24(30)15-11-21/h8-15,22,25H,16-19H2,1-7H3/t22?,25-/m0/s1. The average molecular weight is 722 g/mol. The minimum absolute atomic E-state index is 0.000310. The second kappa shape index (κ2) is 15.2. The van der Waals surface area contributed by atoms with Crippen molar-refractivity contribution in [3.8, 4) is 0 Å². The Hall–Kier alpha value is -1.33. The smallest absolute Gasteiger partial charge is 0.333 e. The van der Waals surface area contributed by atoms with Crippen molar-refractivity contribution in [3.05, 3.63) is 68.6 Å². The van der Waals surface area contributed by atoms with Gasteiger partial charge < -0.3 is 22.9 Å². The monoisotopic (exact) mass is 720 g/mol. The van der Waals surface area contributed by atoms with Crippen molar-refractivity contribution in [2.24, 2.45) is 5.92 Å². The largest absolute Gasteiger partial charge is 0.469 e. The molecule has 2 aromatic carbocycles. The molecule has 0 aromatic heterocycles. The number of methoxy groups -OCH3 is 2. The maximum absolute atomic E-state index is 14.2. The third-order valence-corrected chi connectivity index (χ3v) is 14.3. The molecule has 0 fully saturated rings. The Morgan fingerprint density at radius 2 is 1.25 bits per heavy atom. The van der Waals surface area contributed by atoms with Gasteiger partial charge in [-0.25, -0.2) is 4.79 Å². The molecule has 1 unspecified atom stereocenters. The Labute approximate surface area is 255 Å². The molecular weight excluding hydrogens is 683 g/mol. The fourth-order valence-electron chi connectivity index (χ4n) is 3.45. The van der Waals surface area contributed by atoms with Crippen LogP contribution in [0, 0.1) is 5.92 Å². The Morgan fingerprint density at radius 3 is 1.62 bits per heavy atom. The van der Waals surface area contributed by atoms with Crippen LogP contribution < -0.4 is 0 Å². The molecule has 0 aliphatic rings. The molecule has 12 heteroatoms. The molecular formula is C28H39Br2O8PSi. The lowest BCUT2D eigenvalue weighted by Crippen LogP contribution is -2.47. The van der Waals surface area contributed by atoms with E-state index >= 15 is 0 Å². The fourth-order valence-corrected chi connectivity index (χ4v) is 7.05. The first kappa shape index (κ1) is 34.9. The van der Waals surface area contributed by atoms with Gasteiger partial charge in [0.1, 0.15) is 6.10 Å². The Morgan fingerprint density at radius 1 is 0.825 bits per heavy atom. The van der Waals surface area contributed by atoms with E-state index in [0.29, 0.717) is 0 Å². The summed E-state index contributed by atoms with van der Waals surface area (Å²) in [4.78, 5) is 25.7. The van der Waals surface area contributed by atoms with Crippen LogP contribution in [0.25, 0.3) is 0 Å². The summed E-state index contributed by atoms with van der Waals surface area (Å²) in [6.07, 6.45) is -1.46. The van der Waals surface area contributed by atoms with Gasteiger partial charge in [0.2, 0.25) is 0 Å². The summed E-state index contributed by atoms with van der Waals surface area (Å²) in [5, 5.41) is -0.198. The second-order valence-corrected chi connectivity index (χ2v) is 19.6. The van der Waals surface area contributed by atoms with E-state index in [1.165, 1.54) is 14.2 Å². The SMILES string of the molecule is COC(=O)C(C[C@H](O[Si](C)(C)C(C)(C)C)C(=O)OC)CP(=O)(OCc1ccc(Br)cc1)OCc1ccc(Br)cc1. The molecule has 0 saturated carbocycles. The summed E-state index contributed by atoms with van der Waals surface area (Å²) in [6, 6.07) is 14.7. The van der Waals surface area contributed by atoms with Gasteiger partial charge in [-0.15, -0.1) is 0 Å². The third kappa shape index (κ3) is 10.8. The molecule has 0 amide bonds. The molecule has 8 nitrogen and oxygen atoms in total. The van der Waals surface area contributed by atoms with E-state index in [1.54, 1.807) is 0 Å². The molecule has 222 valence electrons. The van der Waals surface area contributed by atoms with E-state index in [1.807, 2.05) is 82.4 Å². The van der Waals surface area contributed by atoms with Crippen molar-refractivity contribution in [1.29, 1.82) is 0 Å². The van der Waals surface area contributed by atoms with Gasteiger partial charge in [-0.1, -0.05) is 76.9 Å². The molecule has 40 heavy (non-hydrogen) atoms.